The summed E-state index contributed by atoms with van der Waals surface area (Å²) in [5.74, 6) is 0.899. The Bertz CT molecular complexity index is 830. The van der Waals surface area contributed by atoms with Crippen molar-refractivity contribution in [3.05, 3.63) is 47.5 Å². The second-order valence-corrected chi connectivity index (χ2v) is 5.08. The zero-order valence-electron chi connectivity index (χ0n) is 12.2. The first kappa shape index (κ1) is 15.2. The lowest BCUT2D eigenvalue weighted by Gasteiger charge is -2.06. The third-order valence-corrected chi connectivity index (χ3v) is 3.26. The van der Waals surface area contributed by atoms with Gasteiger partial charge in [-0.15, -0.1) is 0 Å². The maximum Gasteiger partial charge on any atom is 0.302 e. The van der Waals surface area contributed by atoms with Crippen LogP contribution < -0.4 is 14.8 Å². The molecule has 1 amide bonds. The highest BCUT2D eigenvalue weighted by atomic mass is 35.5. The molecule has 23 heavy (non-hydrogen) atoms. The van der Waals surface area contributed by atoms with Crippen LogP contribution in [0.1, 0.15) is 0 Å². The lowest BCUT2D eigenvalue weighted by Crippen LogP contribution is -2.20. The minimum Gasteiger partial charge on any atom is -0.497 e. The summed E-state index contributed by atoms with van der Waals surface area (Å²) in [6.45, 7) is -0.161. The molecule has 0 atom stereocenters. The molecule has 0 saturated heterocycles. The maximum absolute atomic E-state index is 11.9. The standard InChI is InChI=1S/C16H13ClN2O4/c1-21-11-3-5-12(6-4-11)22-9-15(20)19-16-18-13-8-10(17)2-7-14(13)23-16/h2-8H,9H2,1H3,(H,18,19,20). The van der Waals surface area contributed by atoms with Crippen LogP contribution in [0, 0.1) is 0 Å². The molecule has 6 nitrogen and oxygen atoms in total. The van der Waals surface area contributed by atoms with Crippen molar-refractivity contribution in [3.63, 3.8) is 0 Å². The molecule has 118 valence electrons. The largest absolute Gasteiger partial charge is 0.497 e. The minimum atomic E-state index is -0.376. The SMILES string of the molecule is COc1ccc(OCC(=O)Nc2nc3cc(Cl)ccc3o2)cc1. The normalized spacial score (nSPS) is 10.5. The maximum atomic E-state index is 11.9. The summed E-state index contributed by atoms with van der Waals surface area (Å²) in [4.78, 5) is 16.0. The van der Waals surface area contributed by atoms with E-state index in [-0.39, 0.29) is 18.5 Å². The van der Waals surface area contributed by atoms with E-state index >= 15 is 0 Å². The summed E-state index contributed by atoms with van der Waals surface area (Å²) in [5, 5.41) is 3.08. The van der Waals surface area contributed by atoms with E-state index in [2.05, 4.69) is 10.3 Å². The van der Waals surface area contributed by atoms with Crippen molar-refractivity contribution in [2.45, 2.75) is 0 Å². The number of nitrogens with zero attached hydrogens (tertiary/aromatic N) is 1. The van der Waals surface area contributed by atoms with Crippen LogP contribution in [0.5, 0.6) is 11.5 Å². The number of nitrogens with one attached hydrogen (secondary N) is 1. The summed E-state index contributed by atoms with van der Waals surface area (Å²) in [6.07, 6.45) is 0. The monoisotopic (exact) mass is 332 g/mol. The first-order valence-electron chi connectivity index (χ1n) is 6.77. The summed E-state index contributed by atoms with van der Waals surface area (Å²) in [7, 11) is 1.58. The average Bonchev–Trinajstić information content (AvgIpc) is 2.94. The molecule has 0 aliphatic heterocycles. The van der Waals surface area contributed by atoms with E-state index in [1.807, 2.05) is 0 Å². The summed E-state index contributed by atoms with van der Waals surface area (Å²) >= 11 is 5.87. The van der Waals surface area contributed by atoms with Crippen LogP contribution in [0.3, 0.4) is 0 Å². The van der Waals surface area contributed by atoms with Gasteiger partial charge in [0.05, 0.1) is 7.11 Å². The van der Waals surface area contributed by atoms with Gasteiger partial charge in [0.15, 0.2) is 12.2 Å². The van der Waals surface area contributed by atoms with Crippen molar-refractivity contribution in [2.75, 3.05) is 19.0 Å². The van der Waals surface area contributed by atoms with Crippen LogP contribution in [0.2, 0.25) is 5.02 Å². The predicted octanol–water partition coefficient (Wildman–Crippen LogP) is 3.51. The van der Waals surface area contributed by atoms with Gasteiger partial charge in [-0.2, -0.15) is 4.98 Å². The molecular formula is C16H13ClN2O4. The summed E-state index contributed by atoms with van der Waals surface area (Å²) < 4.78 is 15.8. The fourth-order valence-corrected chi connectivity index (χ4v) is 2.10. The van der Waals surface area contributed by atoms with E-state index < -0.39 is 0 Å². The third kappa shape index (κ3) is 3.73. The van der Waals surface area contributed by atoms with Crippen LogP contribution in [0.4, 0.5) is 6.01 Å². The lowest BCUT2D eigenvalue weighted by molar-refractivity contribution is -0.118. The molecule has 0 saturated carbocycles. The molecule has 0 spiro atoms. The fourth-order valence-electron chi connectivity index (χ4n) is 1.93. The van der Waals surface area contributed by atoms with Crippen molar-refractivity contribution >= 4 is 34.6 Å². The van der Waals surface area contributed by atoms with Gasteiger partial charge in [-0.3, -0.25) is 10.1 Å². The molecule has 1 heterocycles. The third-order valence-electron chi connectivity index (χ3n) is 3.03. The van der Waals surface area contributed by atoms with Gasteiger partial charge in [0.2, 0.25) is 0 Å². The molecular weight excluding hydrogens is 320 g/mol. The molecule has 0 fully saturated rings. The first-order valence-corrected chi connectivity index (χ1v) is 7.14. The molecule has 0 aliphatic rings. The van der Waals surface area contributed by atoms with Gasteiger partial charge < -0.3 is 13.9 Å². The van der Waals surface area contributed by atoms with E-state index in [9.17, 15) is 4.79 Å². The number of oxazole rings is 1. The Morgan fingerprint density at radius 2 is 1.96 bits per heavy atom. The van der Waals surface area contributed by atoms with Gasteiger partial charge >= 0.3 is 6.01 Å². The highest BCUT2D eigenvalue weighted by molar-refractivity contribution is 6.31. The number of rotatable bonds is 5. The second kappa shape index (κ2) is 6.58. The van der Waals surface area contributed by atoms with E-state index in [1.54, 1.807) is 49.6 Å². The molecule has 1 aromatic heterocycles. The molecule has 3 rings (SSSR count). The zero-order chi connectivity index (χ0) is 16.2. The summed E-state index contributed by atoms with van der Waals surface area (Å²) in [5.41, 5.74) is 1.12. The van der Waals surface area contributed by atoms with E-state index in [1.165, 1.54) is 0 Å². The number of hydrogen-bond donors (Lipinski definition) is 1. The van der Waals surface area contributed by atoms with Gasteiger partial charge in [0.1, 0.15) is 17.0 Å². The van der Waals surface area contributed by atoms with Crippen molar-refractivity contribution in [3.8, 4) is 11.5 Å². The van der Waals surface area contributed by atoms with Crippen molar-refractivity contribution in [1.82, 2.24) is 4.98 Å². The highest BCUT2D eigenvalue weighted by Crippen LogP contribution is 2.22. The second-order valence-electron chi connectivity index (χ2n) is 4.64. The van der Waals surface area contributed by atoms with Gasteiger partial charge in [0, 0.05) is 5.02 Å². The molecule has 0 bridgehead atoms. The summed E-state index contributed by atoms with van der Waals surface area (Å²) in [6, 6.07) is 12.1. The van der Waals surface area contributed by atoms with Crippen LogP contribution in [-0.2, 0) is 4.79 Å². The number of hydrogen-bond acceptors (Lipinski definition) is 5. The smallest absolute Gasteiger partial charge is 0.302 e. The van der Waals surface area contributed by atoms with E-state index in [4.69, 9.17) is 25.5 Å². The number of halogens is 1. The van der Waals surface area contributed by atoms with E-state index in [0.29, 0.717) is 27.6 Å². The van der Waals surface area contributed by atoms with Crippen LogP contribution in [0.25, 0.3) is 11.1 Å². The minimum absolute atomic E-state index is 0.102. The topological polar surface area (TPSA) is 73.6 Å². The Labute approximate surface area is 137 Å². The van der Waals surface area contributed by atoms with Crippen LogP contribution in [0.15, 0.2) is 46.9 Å². The Hall–Kier alpha value is -2.73. The van der Waals surface area contributed by atoms with Gasteiger partial charge in [0.25, 0.3) is 5.91 Å². The van der Waals surface area contributed by atoms with Gasteiger partial charge in [-0.05, 0) is 42.5 Å². The average molecular weight is 333 g/mol. The zero-order valence-corrected chi connectivity index (χ0v) is 13.0. The number of ether oxygens (including phenoxy) is 2. The van der Waals surface area contributed by atoms with Crippen molar-refractivity contribution in [2.24, 2.45) is 0 Å². The van der Waals surface area contributed by atoms with Crippen LogP contribution >= 0.6 is 11.6 Å². The number of carbonyl (C=O) groups excluding carboxylic acids is 1. The number of aromatic nitrogens is 1. The Balaban J connectivity index is 1.59. The lowest BCUT2D eigenvalue weighted by atomic mass is 10.3. The highest BCUT2D eigenvalue weighted by Gasteiger charge is 2.10. The van der Waals surface area contributed by atoms with Gasteiger partial charge in [-0.1, -0.05) is 11.6 Å². The van der Waals surface area contributed by atoms with Crippen molar-refractivity contribution in [1.29, 1.82) is 0 Å². The number of fused-ring (bicyclic) bond motifs is 1. The quantitative estimate of drug-likeness (QED) is 0.774. The molecule has 7 heteroatoms. The van der Waals surface area contributed by atoms with Crippen LogP contribution in [-0.4, -0.2) is 24.6 Å². The molecule has 0 unspecified atom stereocenters. The fraction of sp³-hybridized carbons (Fsp3) is 0.125. The number of benzene rings is 2. The molecule has 2 aromatic carbocycles. The predicted molar refractivity (Wildman–Crippen MR) is 86.1 cm³/mol. The Morgan fingerprint density at radius 3 is 2.70 bits per heavy atom. The number of methoxy groups -OCH3 is 1. The van der Waals surface area contributed by atoms with Crippen molar-refractivity contribution < 1.29 is 18.7 Å². The van der Waals surface area contributed by atoms with Gasteiger partial charge in [-0.25, -0.2) is 0 Å². The molecule has 0 aliphatic carbocycles. The molecule has 3 aromatic rings. The Morgan fingerprint density at radius 1 is 1.22 bits per heavy atom. The number of carbonyl (C=O) groups is 1. The molecule has 1 N–H and O–H groups in total. The number of anilines is 1. The first-order chi connectivity index (χ1) is 11.1. The Kier molecular flexibility index (Phi) is 4.34. The number of amides is 1. The van der Waals surface area contributed by atoms with E-state index in [0.717, 1.165) is 0 Å². The molecule has 0 radical (unpaired) electrons.